The Hall–Kier alpha value is -2.17. The molecule has 5 heteroatoms. The molecule has 1 aromatic heterocycles. The number of likely N-dealkylation sites (tertiary alicyclic amines) is 1. The zero-order valence-corrected chi connectivity index (χ0v) is 14.5. The summed E-state index contributed by atoms with van der Waals surface area (Å²) in [5, 5.41) is 0. The predicted molar refractivity (Wildman–Crippen MR) is 97.3 cm³/mol. The van der Waals surface area contributed by atoms with Crippen LogP contribution in [-0.4, -0.2) is 47.0 Å². The first-order valence-corrected chi connectivity index (χ1v) is 9.53. The zero-order valence-electron chi connectivity index (χ0n) is 14.5. The number of fused-ring (bicyclic) bond motifs is 2. The average Bonchev–Trinajstić information content (AvgIpc) is 3.36. The normalized spacial score (nSPS) is 28.7. The fraction of sp³-hybridized carbons (Fsp3) is 0.550. The van der Waals surface area contributed by atoms with Gasteiger partial charge in [0.15, 0.2) is 0 Å². The van der Waals surface area contributed by atoms with E-state index >= 15 is 0 Å². The Morgan fingerprint density at radius 2 is 1.76 bits per heavy atom. The van der Waals surface area contributed by atoms with E-state index < -0.39 is 0 Å². The van der Waals surface area contributed by atoms with Crippen molar-refractivity contribution in [2.45, 2.75) is 25.7 Å². The van der Waals surface area contributed by atoms with Gasteiger partial charge in [-0.1, -0.05) is 18.6 Å². The van der Waals surface area contributed by atoms with Gasteiger partial charge in [0, 0.05) is 26.2 Å². The summed E-state index contributed by atoms with van der Waals surface area (Å²) in [5.74, 6) is 2.92. The quantitative estimate of drug-likeness (QED) is 0.846. The first-order valence-electron chi connectivity index (χ1n) is 9.53. The minimum Gasteiger partial charge on any atom is -0.354 e. The van der Waals surface area contributed by atoms with Gasteiger partial charge < -0.3 is 9.80 Å². The molecular weight excluding hydrogens is 312 g/mol. The number of aromatic nitrogens is 2. The van der Waals surface area contributed by atoms with Gasteiger partial charge in [-0.3, -0.25) is 9.78 Å². The Bertz CT molecular complexity index is 795. The second kappa shape index (κ2) is 5.97. The Labute approximate surface area is 148 Å². The maximum absolute atomic E-state index is 12.9. The maximum atomic E-state index is 12.9. The third kappa shape index (κ3) is 2.66. The largest absolute Gasteiger partial charge is 0.354 e. The summed E-state index contributed by atoms with van der Waals surface area (Å²) in [5.41, 5.74) is 1.84. The number of carbonyl (C=O) groups excluding carboxylic acids is 1. The number of anilines is 1. The highest BCUT2D eigenvalue weighted by atomic mass is 16.2. The molecule has 3 aliphatic rings. The number of nitrogens with zero attached hydrogens (tertiary/aromatic N) is 4. The van der Waals surface area contributed by atoms with Crippen molar-refractivity contribution in [3.8, 4) is 0 Å². The Kier molecular flexibility index (Phi) is 3.61. The van der Waals surface area contributed by atoms with Gasteiger partial charge in [-0.2, -0.15) is 0 Å². The molecule has 1 amide bonds. The molecule has 1 saturated carbocycles. The van der Waals surface area contributed by atoms with E-state index in [9.17, 15) is 4.79 Å². The molecule has 2 aromatic rings. The highest BCUT2D eigenvalue weighted by Crippen LogP contribution is 2.38. The van der Waals surface area contributed by atoms with Crippen molar-refractivity contribution in [2.24, 2.45) is 17.8 Å². The molecule has 3 unspecified atom stereocenters. The van der Waals surface area contributed by atoms with Gasteiger partial charge in [0.25, 0.3) is 0 Å². The lowest BCUT2D eigenvalue weighted by Gasteiger charge is -2.22. The molecule has 3 heterocycles. The van der Waals surface area contributed by atoms with Crippen LogP contribution in [0.4, 0.5) is 5.82 Å². The second-order valence-corrected chi connectivity index (χ2v) is 7.84. The molecule has 3 atom stereocenters. The Morgan fingerprint density at radius 3 is 2.56 bits per heavy atom. The molecule has 2 aliphatic heterocycles. The minimum absolute atomic E-state index is 0.118. The van der Waals surface area contributed by atoms with Gasteiger partial charge in [-0.05, 0) is 43.2 Å². The number of hydrogen-bond acceptors (Lipinski definition) is 4. The molecule has 1 aromatic carbocycles. The summed E-state index contributed by atoms with van der Waals surface area (Å²) < 4.78 is 0. The molecule has 0 N–H and O–H groups in total. The van der Waals surface area contributed by atoms with E-state index in [1.807, 2.05) is 30.5 Å². The van der Waals surface area contributed by atoms with E-state index in [0.717, 1.165) is 61.3 Å². The molecule has 0 radical (unpaired) electrons. The van der Waals surface area contributed by atoms with Gasteiger partial charge in [0.1, 0.15) is 5.82 Å². The average molecular weight is 336 g/mol. The third-order valence-electron chi connectivity index (χ3n) is 6.34. The SMILES string of the molecule is O=C(C1CCN(c2cnc3ccccc3n2)C1)N1CC2CCCC2C1. The van der Waals surface area contributed by atoms with Crippen molar-refractivity contribution in [3.63, 3.8) is 0 Å². The zero-order chi connectivity index (χ0) is 16.8. The van der Waals surface area contributed by atoms with E-state index in [0.29, 0.717) is 5.91 Å². The first kappa shape index (κ1) is 15.1. The molecule has 1 aliphatic carbocycles. The Morgan fingerprint density at radius 1 is 1.00 bits per heavy atom. The van der Waals surface area contributed by atoms with Crippen LogP contribution in [-0.2, 0) is 4.79 Å². The van der Waals surface area contributed by atoms with Gasteiger partial charge >= 0.3 is 0 Å². The highest BCUT2D eigenvalue weighted by molar-refractivity contribution is 5.81. The van der Waals surface area contributed by atoms with Crippen LogP contribution < -0.4 is 4.90 Å². The van der Waals surface area contributed by atoms with Gasteiger partial charge in [0.2, 0.25) is 5.91 Å². The number of hydrogen-bond donors (Lipinski definition) is 0. The maximum Gasteiger partial charge on any atom is 0.227 e. The lowest BCUT2D eigenvalue weighted by molar-refractivity contribution is -0.134. The van der Waals surface area contributed by atoms with E-state index in [1.54, 1.807) is 0 Å². The number of benzene rings is 1. The van der Waals surface area contributed by atoms with Crippen molar-refractivity contribution in [1.29, 1.82) is 0 Å². The van der Waals surface area contributed by atoms with Crippen molar-refractivity contribution in [1.82, 2.24) is 14.9 Å². The van der Waals surface area contributed by atoms with E-state index in [4.69, 9.17) is 4.98 Å². The molecule has 130 valence electrons. The van der Waals surface area contributed by atoms with Crippen molar-refractivity contribution >= 4 is 22.8 Å². The predicted octanol–water partition coefficient (Wildman–Crippen LogP) is 2.71. The van der Waals surface area contributed by atoms with Crippen molar-refractivity contribution in [2.75, 3.05) is 31.1 Å². The number of rotatable bonds is 2. The molecular formula is C20H24N4O. The Balaban J connectivity index is 1.28. The minimum atomic E-state index is 0.118. The van der Waals surface area contributed by atoms with Crippen molar-refractivity contribution in [3.05, 3.63) is 30.5 Å². The topological polar surface area (TPSA) is 49.3 Å². The van der Waals surface area contributed by atoms with Gasteiger partial charge in [-0.25, -0.2) is 4.98 Å². The summed E-state index contributed by atoms with van der Waals surface area (Å²) in [6.45, 7) is 3.66. The summed E-state index contributed by atoms with van der Waals surface area (Å²) in [6, 6.07) is 7.94. The van der Waals surface area contributed by atoms with Crippen LogP contribution in [0.25, 0.3) is 11.0 Å². The molecule has 5 nitrogen and oxygen atoms in total. The van der Waals surface area contributed by atoms with Crippen LogP contribution in [0.2, 0.25) is 0 Å². The second-order valence-electron chi connectivity index (χ2n) is 7.84. The lowest BCUT2D eigenvalue weighted by atomic mass is 10.0. The van der Waals surface area contributed by atoms with Crippen molar-refractivity contribution < 1.29 is 4.79 Å². The summed E-state index contributed by atoms with van der Waals surface area (Å²) in [7, 11) is 0. The molecule has 3 fully saturated rings. The van der Waals surface area contributed by atoms with Crippen LogP contribution in [0, 0.1) is 17.8 Å². The van der Waals surface area contributed by atoms with Crippen LogP contribution in [0.3, 0.4) is 0 Å². The molecule has 25 heavy (non-hydrogen) atoms. The molecule has 5 rings (SSSR count). The molecule has 0 bridgehead atoms. The van der Waals surface area contributed by atoms with E-state index in [1.165, 1.54) is 19.3 Å². The monoisotopic (exact) mass is 336 g/mol. The lowest BCUT2D eigenvalue weighted by Crippen LogP contribution is -2.36. The van der Waals surface area contributed by atoms with Gasteiger partial charge in [-0.15, -0.1) is 0 Å². The van der Waals surface area contributed by atoms with Gasteiger partial charge in [0.05, 0.1) is 23.1 Å². The van der Waals surface area contributed by atoms with E-state index in [2.05, 4.69) is 14.8 Å². The highest BCUT2D eigenvalue weighted by Gasteiger charge is 2.41. The van der Waals surface area contributed by atoms with Crippen LogP contribution in [0.1, 0.15) is 25.7 Å². The third-order valence-corrected chi connectivity index (χ3v) is 6.34. The number of para-hydroxylation sites is 2. The molecule has 0 spiro atoms. The summed E-state index contributed by atoms with van der Waals surface area (Å²) >= 11 is 0. The fourth-order valence-corrected chi connectivity index (χ4v) is 4.94. The fourth-order valence-electron chi connectivity index (χ4n) is 4.94. The number of carbonyl (C=O) groups is 1. The molecule has 2 saturated heterocycles. The first-order chi connectivity index (χ1) is 12.3. The smallest absolute Gasteiger partial charge is 0.227 e. The summed E-state index contributed by atoms with van der Waals surface area (Å²) in [6.07, 6.45) is 6.76. The number of amides is 1. The summed E-state index contributed by atoms with van der Waals surface area (Å²) in [4.78, 5) is 26.5. The standard InChI is InChI=1S/C20H24N4O/c25-20(24-11-14-4-3-5-15(14)12-24)16-8-9-23(13-16)19-10-21-17-6-1-2-7-18(17)22-19/h1-2,6-7,10,14-16H,3-5,8-9,11-13H2. The van der Waals surface area contributed by atoms with Crippen LogP contribution >= 0.6 is 0 Å². The van der Waals surface area contributed by atoms with Crippen LogP contribution in [0.5, 0.6) is 0 Å². The van der Waals surface area contributed by atoms with Crippen LogP contribution in [0.15, 0.2) is 30.5 Å². The van der Waals surface area contributed by atoms with E-state index in [-0.39, 0.29) is 5.92 Å².